The number of para-hydroxylation sites is 1. The Morgan fingerprint density at radius 2 is 2.12 bits per heavy atom. The summed E-state index contributed by atoms with van der Waals surface area (Å²) in [4.78, 5) is 10.7. The molecule has 1 aromatic carbocycles. The van der Waals surface area contributed by atoms with Crippen molar-refractivity contribution in [3.63, 3.8) is 0 Å². The molecule has 0 unspecified atom stereocenters. The number of thioether (sulfide) groups is 1. The fraction of sp³-hybridized carbons (Fsp3) is 0.500. The van der Waals surface area contributed by atoms with E-state index in [9.17, 15) is 10.1 Å². The summed E-state index contributed by atoms with van der Waals surface area (Å²) in [7, 11) is 0. The van der Waals surface area contributed by atoms with Gasteiger partial charge in [-0.05, 0) is 36.8 Å². The Balaban J connectivity index is 2.21. The summed E-state index contributed by atoms with van der Waals surface area (Å²) in [5.74, 6) is 2.27. The van der Waals surface area contributed by atoms with Crippen molar-refractivity contribution in [1.29, 1.82) is 0 Å². The van der Waals surface area contributed by atoms with Crippen molar-refractivity contribution in [3.05, 3.63) is 33.9 Å². The smallest absolute Gasteiger partial charge is 0.292 e. The molecule has 17 heavy (non-hydrogen) atoms. The van der Waals surface area contributed by atoms with E-state index in [-0.39, 0.29) is 10.6 Å². The third-order valence-electron chi connectivity index (χ3n) is 3.02. The fourth-order valence-electron chi connectivity index (χ4n) is 2.04. The number of nitro groups is 1. The molecule has 1 aliphatic heterocycles. The number of benzene rings is 1. The molecule has 1 aliphatic rings. The van der Waals surface area contributed by atoms with Crippen LogP contribution in [0.5, 0.6) is 0 Å². The van der Waals surface area contributed by atoms with E-state index in [1.165, 1.54) is 0 Å². The topological polar surface area (TPSA) is 55.2 Å². The second-order valence-electron chi connectivity index (χ2n) is 4.26. The summed E-state index contributed by atoms with van der Waals surface area (Å²) < 4.78 is 0. The van der Waals surface area contributed by atoms with Gasteiger partial charge in [0.25, 0.3) is 5.69 Å². The number of nitro benzene ring substituents is 1. The number of nitrogens with one attached hydrogen (secondary N) is 1. The number of aryl methyl sites for hydroxylation is 1. The van der Waals surface area contributed by atoms with E-state index in [4.69, 9.17) is 0 Å². The quantitative estimate of drug-likeness (QED) is 0.663. The maximum absolute atomic E-state index is 11.0. The van der Waals surface area contributed by atoms with Crippen LogP contribution in [0.3, 0.4) is 0 Å². The zero-order valence-electron chi connectivity index (χ0n) is 9.81. The van der Waals surface area contributed by atoms with Gasteiger partial charge in [-0.1, -0.05) is 12.1 Å². The van der Waals surface area contributed by atoms with E-state index in [2.05, 4.69) is 5.32 Å². The van der Waals surface area contributed by atoms with Crippen LogP contribution in [0.15, 0.2) is 18.2 Å². The van der Waals surface area contributed by atoms with Crippen molar-refractivity contribution in [2.45, 2.75) is 25.8 Å². The Morgan fingerprint density at radius 1 is 1.41 bits per heavy atom. The first-order valence-corrected chi connectivity index (χ1v) is 6.92. The lowest BCUT2D eigenvalue weighted by atomic mass is 10.1. The summed E-state index contributed by atoms with van der Waals surface area (Å²) in [5, 5.41) is 14.3. The van der Waals surface area contributed by atoms with Gasteiger partial charge in [0.2, 0.25) is 0 Å². The molecule has 1 aromatic rings. The molecular weight excluding hydrogens is 236 g/mol. The van der Waals surface area contributed by atoms with E-state index in [1.54, 1.807) is 12.1 Å². The van der Waals surface area contributed by atoms with Crippen molar-refractivity contribution in [2.75, 3.05) is 16.8 Å². The number of anilines is 1. The Labute approximate surface area is 105 Å². The van der Waals surface area contributed by atoms with E-state index in [1.807, 2.05) is 24.8 Å². The van der Waals surface area contributed by atoms with Crippen molar-refractivity contribution < 1.29 is 4.92 Å². The van der Waals surface area contributed by atoms with Crippen LogP contribution in [0, 0.1) is 17.0 Å². The number of hydrogen-bond acceptors (Lipinski definition) is 4. The minimum absolute atomic E-state index is 0.184. The first-order valence-electron chi connectivity index (χ1n) is 5.77. The number of hydrogen-bond donors (Lipinski definition) is 1. The molecule has 0 aromatic heterocycles. The molecule has 0 spiro atoms. The molecular formula is C12H16N2O2S. The molecule has 0 amide bonds. The van der Waals surface area contributed by atoms with Gasteiger partial charge in [0.15, 0.2) is 0 Å². The summed E-state index contributed by atoms with van der Waals surface area (Å²) in [6, 6.07) is 5.57. The van der Waals surface area contributed by atoms with Crippen LogP contribution >= 0.6 is 11.8 Å². The van der Waals surface area contributed by atoms with Gasteiger partial charge in [0.1, 0.15) is 5.69 Å². The predicted molar refractivity (Wildman–Crippen MR) is 71.8 cm³/mol. The summed E-state index contributed by atoms with van der Waals surface area (Å²) in [6.45, 7) is 1.91. The number of rotatable bonds is 3. The van der Waals surface area contributed by atoms with E-state index in [0.29, 0.717) is 11.7 Å². The first kappa shape index (κ1) is 12.2. The molecule has 1 saturated heterocycles. The molecule has 5 heteroatoms. The van der Waals surface area contributed by atoms with Gasteiger partial charge in [-0.15, -0.1) is 0 Å². The number of nitrogens with zero attached hydrogens (tertiary/aromatic N) is 1. The lowest BCUT2D eigenvalue weighted by Gasteiger charge is -2.24. The van der Waals surface area contributed by atoms with E-state index >= 15 is 0 Å². The lowest BCUT2D eigenvalue weighted by Crippen LogP contribution is -2.25. The van der Waals surface area contributed by atoms with Gasteiger partial charge in [-0.25, -0.2) is 0 Å². The van der Waals surface area contributed by atoms with Crippen molar-refractivity contribution in [3.8, 4) is 0 Å². The Morgan fingerprint density at radius 3 is 2.76 bits per heavy atom. The zero-order valence-corrected chi connectivity index (χ0v) is 10.6. The van der Waals surface area contributed by atoms with Crippen LogP contribution in [-0.2, 0) is 0 Å². The van der Waals surface area contributed by atoms with Crippen LogP contribution in [0.2, 0.25) is 0 Å². The summed E-state index contributed by atoms with van der Waals surface area (Å²) in [6.07, 6.45) is 2.16. The monoisotopic (exact) mass is 252 g/mol. The van der Waals surface area contributed by atoms with Crippen LogP contribution in [0.25, 0.3) is 0 Å². The van der Waals surface area contributed by atoms with E-state index < -0.39 is 0 Å². The third kappa shape index (κ3) is 2.91. The van der Waals surface area contributed by atoms with Gasteiger partial charge in [-0.2, -0.15) is 11.8 Å². The van der Waals surface area contributed by atoms with Crippen LogP contribution in [0.1, 0.15) is 18.4 Å². The molecule has 92 valence electrons. The second-order valence-corrected chi connectivity index (χ2v) is 5.48. The van der Waals surface area contributed by atoms with Crippen LogP contribution in [0.4, 0.5) is 11.4 Å². The minimum Gasteiger partial charge on any atom is -0.376 e. The first-order chi connectivity index (χ1) is 8.18. The molecule has 1 heterocycles. The Kier molecular flexibility index (Phi) is 3.89. The van der Waals surface area contributed by atoms with Gasteiger partial charge >= 0.3 is 0 Å². The molecule has 0 saturated carbocycles. The van der Waals surface area contributed by atoms with Crippen LogP contribution in [-0.4, -0.2) is 22.5 Å². The largest absolute Gasteiger partial charge is 0.376 e. The predicted octanol–water partition coefficient (Wildman–Crippen LogP) is 3.21. The Bertz CT molecular complexity index is 417. The van der Waals surface area contributed by atoms with Crippen molar-refractivity contribution in [2.24, 2.45) is 0 Å². The SMILES string of the molecule is Cc1cccc([N+](=O)[O-])c1NC1CCSCC1. The van der Waals surface area contributed by atoms with Crippen molar-refractivity contribution >= 4 is 23.1 Å². The highest BCUT2D eigenvalue weighted by Gasteiger charge is 2.20. The fourth-order valence-corrected chi connectivity index (χ4v) is 3.14. The van der Waals surface area contributed by atoms with E-state index in [0.717, 1.165) is 29.9 Å². The Hall–Kier alpha value is -1.23. The molecule has 2 rings (SSSR count). The third-order valence-corrected chi connectivity index (χ3v) is 4.07. The van der Waals surface area contributed by atoms with Gasteiger partial charge in [0, 0.05) is 12.1 Å². The minimum atomic E-state index is -0.313. The highest BCUT2D eigenvalue weighted by Crippen LogP contribution is 2.30. The highest BCUT2D eigenvalue weighted by molar-refractivity contribution is 7.99. The average molecular weight is 252 g/mol. The van der Waals surface area contributed by atoms with Gasteiger partial charge in [0.05, 0.1) is 4.92 Å². The molecule has 4 nitrogen and oxygen atoms in total. The van der Waals surface area contributed by atoms with Gasteiger partial charge in [-0.3, -0.25) is 10.1 Å². The molecule has 0 bridgehead atoms. The second kappa shape index (κ2) is 5.40. The van der Waals surface area contributed by atoms with Gasteiger partial charge < -0.3 is 5.32 Å². The van der Waals surface area contributed by atoms with Crippen LogP contribution < -0.4 is 5.32 Å². The molecule has 0 atom stereocenters. The standard InChI is InChI=1S/C12H16N2O2S/c1-9-3-2-4-11(14(15)16)12(9)13-10-5-7-17-8-6-10/h2-4,10,13H,5-8H2,1H3. The van der Waals surface area contributed by atoms with Crippen molar-refractivity contribution in [1.82, 2.24) is 0 Å². The molecule has 0 radical (unpaired) electrons. The zero-order chi connectivity index (χ0) is 12.3. The molecule has 1 N–H and O–H groups in total. The lowest BCUT2D eigenvalue weighted by molar-refractivity contribution is -0.384. The maximum atomic E-state index is 11.0. The molecule has 1 fully saturated rings. The highest BCUT2D eigenvalue weighted by atomic mass is 32.2. The average Bonchev–Trinajstić information content (AvgIpc) is 2.33. The summed E-state index contributed by atoms with van der Waals surface area (Å²) >= 11 is 1.95. The maximum Gasteiger partial charge on any atom is 0.292 e. The normalized spacial score (nSPS) is 16.8. The summed E-state index contributed by atoms with van der Waals surface area (Å²) in [5.41, 5.74) is 1.81. The molecule has 0 aliphatic carbocycles.